The molecule has 0 unspecified atom stereocenters. The second-order valence-electron chi connectivity index (χ2n) is 5.21. The number of hydrogen-bond donors (Lipinski definition) is 0. The monoisotopic (exact) mass is 399 g/mol. The van der Waals surface area contributed by atoms with Gasteiger partial charge in [-0.05, 0) is 36.4 Å². The van der Waals surface area contributed by atoms with E-state index in [1.807, 2.05) is 30.3 Å². The summed E-state index contributed by atoms with van der Waals surface area (Å²) in [7, 11) is 0. The Morgan fingerprint density at radius 2 is 2.00 bits per heavy atom. The number of ether oxygens (including phenoxy) is 2. The highest BCUT2D eigenvalue weighted by molar-refractivity contribution is 9.10. The van der Waals surface area contributed by atoms with Crippen LogP contribution in [0.2, 0.25) is 0 Å². The van der Waals surface area contributed by atoms with Crippen molar-refractivity contribution in [2.75, 3.05) is 0 Å². The number of halogens is 1. The standard InChI is InChI=1S/C19H14BrNO4/c1-2-17(22)24-16-9-8-14(20)10-13(16)11-15-19(23)25-18(21-15)12-6-4-3-5-7-12/h3-11H,2H2,1H3/b15-11-. The second kappa shape index (κ2) is 7.44. The average molecular weight is 400 g/mol. The first-order valence-corrected chi connectivity index (χ1v) is 8.44. The number of nitrogens with zero attached hydrogens (tertiary/aromatic N) is 1. The summed E-state index contributed by atoms with van der Waals surface area (Å²) in [6.07, 6.45) is 1.80. The minimum absolute atomic E-state index is 0.144. The lowest BCUT2D eigenvalue weighted by molar-refractivity contribution is -0.134. The third kappa shape index (κ3) is 4.03. The number of esters is 2. The Hall–Kier alpha value is -2.73. The minimum Gasteiger partial charge on any atom is -0.426 e. The largest absolute Gasteiger partial charge is 0.426 e. The van der Waals surface area contributed by atoms with Crippen molar-refractivity contribution in [2.45, 2.75) is 13.3 Å². The van der Waals surface area contributed by atoms with Gasteiger partial charge >= 0.3 is 11.9 Å². The maximum atomic E-state index is 12.1. The lowest BCUT2D eigenvalue weighted by Crippen LogP contribution is -2.07. The van der Waals surface area contributed by atoms with Crippen LogP contribution in [0.5, 0.6) is 5.75 Å². The van der Waals surface area contributed by atoms with Gasteiger partial charge in [-0.25, -0.2) is 9.79 Å². The van der Waals surface area contributed by atoms with Crippen molar-refractivity contribution in [3.63, 3.8) is 0 Å². The van der Waals surface area contributed by atoms with Crippen molar-refractivity contribution < 1.29 is 19.1 Å². The molecule has 5 nitrogen and oxygen atoms in total. The highest BCUT2D eigenvalue weighted by Crippen LogP contribution is 2.28. The number of cyclic esters (lactones) is 1. The van der Waals surface area contributed by atoms with Crippen LogP contribution in [0.1, 0.15) is 24.5 Å². The van der Waals surface area contributed by atoms with Crippen molar-refractivity contribution in [1.29, 1.82) is 0 Å². The van der Waals surface area contributed by atoms with E-state index in [4.69, 9.17) is 9.47 Å². The molecule has 0 bridgehead atoms. The molecule has 1 aliphatic rings. The van der Waals surface area contributed by atoms with Crippen LogP contribution in [0.4, 0.5) is 0 Å². The Bertz CT molecular complexity index is 888. The third-order valence-electron chi connectivity index (χ3n) is 3.42. The summed E-state index contributed by atoms with van der Waals surface area (Å²) in [5, 5.41) is 0. The van der Waals surface area contributed by atoms with E-state index in [1.54, 1.807) is 31.2 Å². The number of carbonyl (C=O) groups is 2. The first-order chi connectivity index (χ1) is 12.1. The second-order valence-corrected chi connectivity index (χ2v) is 6.13. The van der Waals surface area contributed by atoms with Crippen molar-refractivity contribution in [1.82, 2.24) is 0 Å². The molecular formula is C19H14BrNO4. The van der Waals surface area contributed by atoms with Gasteiger partial charge in [-0.15, -0.1) is 0 Å². The van der Waals surface area contributed by atoms with E-state index in [2.05, 4.69) is 20.9 Å². The first kappa shape index (κ1) is 17.1. The molecule has 0 atom stereocenters. The minimum atomic E-state index is -0.549. The molecule has 0 fully saturated rings. The zero-order valence-electron chi connectivity index (χ0n) is 13.4. The molecule has 126 valence electrons. The van der Waals surface area contributed by atoms with Crippen molar-refractivity contribution in [3.8, 4) is 5.75 Å². The predicted molar refractivity (Wildman–Crippen MR) is 97.1 cm³/mol. The van der Waals surface area contributed by atoms with Crippen molar-refractivity contribution in [3.05, 3.63) is 69.8 Å². The molecule has 1 aliphatic heterocycles. The maximum Gasteiger partial charge on any atom is 0.363 e. The molecule has 3 rings (SSSR count). The fraction of sp³-hybridized carbons (Fsp3) is 0.105. The number of hydrogen-bond acceptors (Lipinski definition) is 5. The van der Waals surface area contributed by atoms with Gasteiger partial charge in [0.05, 0.1) is 0 Å². The van der Waals surface area contributed by atoms with Crippen LogP contribution in [-0.2, 0) is 14.3 Å². The molecule has 6 heteroatoms. The number of carbonyl (C=O) groups excluding carboxylic acids is 2. The molecule has 0 aromatic heterocycles. The Labute approximate surface area is 153 Å². The molecule has 2 aromatic rings. The third-order valence-corrected chi connectivity index (χ3v) is 3.91. The normalized spacial score (nSPS) is 15.0. The molecule has 25 heavy (non-hydrogen) atoms. The topological polar surface area (TPSA) is 65.0 Å². The van der Waals surface area contributed by atoms with Crippen LogP contribution in [0.15, 0.2) is 63.7 Å². The zero-order valence-corrected chi connectivity index (χ0v) is 14.9. The summed E-state index contributed by atoms with van der Waals surface area (Å²) in [6.45, 7) is 1.71. The van der Waals surface area contributed by atoms with Gasteiger partial charge < -0.3 is 9.47 Å². The van der Waals surface area contributed by atoms with E-state index in [9.17, 15) is 9.59 Å². The summed E-state index contributed by atoms with van der Waals surface area (Å²) in [4.78, 5) is 28.0. The summed E-state index contributed by atoms with van der Waals surface area (Å²) < 4.78 is 11.3. The van der Waals surface area contributed by atoms with Crippen LogP contribution in [0.25, 0.3) is 6.08 Å². The number of benzene rings is 2. The molecule has 1 heterocycles. The van der Waals surface area contributed by atoms with Crippen LogP contribution in [-0.4, -0.2) is 17.8 Å². The van der Waals surface area contributed by atoms with Crippen molar-refractivity contribution >= 4 is 39.8 Å². The zero-order chi connectivity index (χ0) is 17.8. The Morgan fingerprint density at radius 1 is 1.24 bits per heavy atom. The van der Waals surface area contributed by atoms with Gasteiger partial charge in [-0.1, -0.05) is 41.1 Å². The predicted octanol–water partition coefficient (Wildman–Crippen LogP) is 4.11. The molecular weight excluding hydrogens is 386 g/mol. The molecule has 0 amide bonds. The first-order valence-electron chi connectivity index (χ1n) is 7.65. The lowest BCUT2D eigenvalue weighted by Gasteiger charge is -2.07. The van der Waals surface area contributed by atoms with E-state index in [1.165, 1.54) is 0 Å². The van der Waals surface area contributed by atoms with Gasteiger partial charge in [-0.3, -0.25) is 4.79 Å². The maximum absolute atomic E-state index is 12.1. The summed E-state index contributed by atoms with van der Waals surface area (Å²) >= 11 is 3.37. The quantitative estimate of drug-likeness (QED) is 0.440. The molecule has 2 aromatic carbocycles. The Balaban J connectivity index is 1.97. The van der Waals surface area contributed by atoms with E-state index in [0.29, 0.717) is 16.9 Å². The SMILES string of the molecule is CCC(=O)Oc1ccc(Br)cc1/C=C1\N=C(c2ccccc2)OC1=O. The number of aliphatic imine (C=N–C) groups is 1. The van der Waals surface area contributed by atoms with E-state index < -0.39 is 5.97 Å². The smallest absolute Gasteiger partial charge is 0.363 e. The van der Waals surface area contributed by atoms with E-state index in [0.717, 1.165) is 4.47 Å². The summed E-state index contributed by atoms with van der Waals surface area (Å²) in [5.74, 6) is -0.297. The highest BCUT2D eigenvalue weighted by Gasteiger charge is 2.24. The summed E-state index contributed by atoms with van der Waals surface area (Å²) in [6, 6.07) is 14.3. The van der Waals surface area contributed by atoms with Gasteiger partial charge in [0.1, 0.15) is 5.75 Å². The van der Waals surface area contributed by atoms with Crippen LogP contribution < -0.4 is 4.74 Å². The van der Waals surface area contributed by atoms with E-state index >= 15 is 0 Å². The van der Waals surface area contributed by atoms with Gasteiger partial charge in [0, 0.05) is 22.0 Å². The summed E-state index contributed by atoms with van der Waals surface area (Å²) in [5.41, 5.74) is 1.41. The molecule has 0 radical (unpaired) electrons. The average Bonchev–Trinajstić information content (AvgIpc) is 2.98. The Kier molecular flexibility index (Phi) is 5.09. The van der Waals surface area contributed by atoms with Gasteiger partial charge in [0.15, 0.2) is 5.70 Å². The van der Waals surface area contributed by atoms with Gasteiger partial charge in [0.2, 0.25) is 5.90 Å². The van der Waals surface area contributed by atoms with Gasteiger partial charge in [-0.2, -0.15) is 0 Å². The van der Waals surface area contributed by atoms with Gasteiger partial charge in [0.25, 0.3) is 0 Å². The Morgan fingerprint density at radius 3 is 2.72 bits per heavy atom. The molecule has 0 saturated heterocycles. The molecule has 0 aliphatic carbocycles. The molecule has 0 N–H and O–H groups in total. The molecule has 0 saturated carbocycles. The number of rotatable bonds is 4. The van der Waals surface area contributed by atoms with E-state index in [-0.39, 0.29) is 24.0 Å². The molecule has 0 spiro atoms. The van der Waals surface area contributed by atoms with Crippen LogP contribution in [0, 0.1) is 0 Å². The van der Waals surface area contributed by atoms with Crippen molar-refractivity contribution in [2.24, 2.45) is 4.99 Å². The highest BCUT2D eigenvalue weighted by atomic mass is 79.9. The van der Waals surface area contributed by atoms with Crippen LogP contribution >= 0.6 is 15.9 Å². The van der Waals surface area contributed by atoms with Crippen LogP contribution in [0.3, 0.4) is 0 Å². The fourth-order valence-electron chi connectivity index (χ4n) is 2.18. The fourth-order valence-corrected chi connectivity index (χ4v) is 2.56. The lowest BCUT2D eigenvalue weighted by atomic mass is 10.1.